The Balaban J connectivity index is 1.71. The number of nitrogens with one attached hydrogen (secondary N) is 1. The van der Waals surface area contributed by atoms with Crippen LogP contribution < -0.4 is 15.0 Å². The van der Waals surface area contributed by atoms with E-state index in [1.165, 1.54) is 17.7 Å². The van der Waals surface area contributed by atoms with Gasteiger partial charge in [-0.05, 0) is 37.5 Å². The highest BCUT2D eigenvalue weighted by molar-refractivity contribution is 7.15. The van der Waals surface area contributed by atoms with Gasteiger partial charge in [0.05, 0.1) is 18.8 Å². The number of anilines is 1. The lowest BCUT2D eigenvalue weighted by Crippen LogP contribution is -2.22. The van der Waals surface area contributed by atoms with Gasteiger partial charge < -0.3 is 15.0 Å². The van der Waals surface area contributed by atoms with Gasteiger partial charge in [0.2, 0.25) is 5.91 Å². The minimum atomic E-state index is 0.0479. The molecule has 1 N–H and O–H groups in total. The molecule has 0 saturated carbocycles. The summed E-state index contributed by atoms with van der Waals surface area (Å²) >= 11 is 1.75. The van der Waals surface area contributed by atoms with Crippen LogP contribution >= 0.6 is 11.3 Å². The van der Waals surface area contributed by atoms with E-state index in [4.69, 9.17) is 9.72 Å². The number of carbonyl (C=O) groups is 1. The summed E-state index contributed by atoms with van der Waals surface area (Å²) in [5.74, 6) is 0.988. The Morgan fingerprint density at radius 3 is 3.00 bits per heavy atom. The van der Waals surface area contributed by atoms with Crippen LogP contribution in [-0.4, -0.2) is 30.6 Å². The zero-order valence-corrected chi connectivity index (χ0v) is 15.3. The van der Waals surface area contributed by atoms with E-state index < -0.39 is 0 Å². The number of hydrogen-bond donors (Lipinski definition) is 1. The number of rotatable bonds is 4. The standard InChI is InChI=1S/C19H23N3O2S/c1-2-24-14-7-5-6-13(10-14)15-11-17(23)20-12-16-18(15)25-19(21-16)22-8-3-4-9-22/h5-7,10,15H,2-4,8-9,11-12H2,1H3,(H,20,23). The number of benzene rings is 1. The number of nitrogens with zero attached hydrogens (tertiary/aromatic N) is 2. The average Bonchev–Trinajstić information content (AvgIpc) is 3.25. The summed E-state index contributed by atoms with van der Waals surface area (Å²) < 4.78 is 5.65. The molecule has 132 valence electrons. The molecule has 1 unspecified atom stereocenters. The lowest BCUT2D eigenvalue weighted by molar-refractivity contribution is -0.121. The van der Waals surface area contributed by atoms with Crippen LogP contribution in [0.25, 0.3) is 0 Å². The molecule has 0 aliphatic carbocycles. The zero-order valence-electron chi connectivity index (χ0n) is 14.5. The molecule has 0 bridgehead atoms. The number of hydrogen-bond acceptors (Lipinski definition) is 5. The summed E-state index contributed by atoms with van der Waals surface area (Å²) in [4.78, 5) is 20.7. The van der Waals surface area contributed by atoms with Crippen molar-refractivity contribution in [1.82, 2.24) is 10.3 Å². The van der Waals surface area contributed by atoms with Gasteiger partial charge in [0.15, 0.2) is 5.13 Å². The zero-order chi connectivity index (χ0) is 17.2. The molecule has 1 fully saturated rings. The van der Waals surface area contributed by atoms with Gasteiger partial charge in [0, 0.05) is 30.3 Å². The third kappa shape index (κ3) is 3.35. The molecule has 1 amide bonds. The Labute approximate surface area is 152 Å². The predicted molar refractivity (Wildman–Crippen MR) is 99.5 cm³/mol. The first-order valence-corrected chi connectivity index (χ1v) is 9.80. The molecular formula is C19H23N3O2S. The van der Waals surface area contributed by atoms with E-state index in [1.54, 1.807) is 11.3 Å². The maximum atomic E-state index is 12.2. The molecule has 2 aliphatic heterocycles. The highest BCUT2D eigenvalue weighted by Gasteiger charge is 2.29. The third-order valence-electron chi connectivity index (χ3n) is 4.82. The molecule has 0 radical (unpaired) electrons. The van der Waals surface area contributed by atoms with E-state index in [2.05, 4.69) is 22.3 Å². The number of fused-ring (bicyclic) bond motifs is 1. The summed E-state index contributed by atoms with van der Waals surface area (Å²) in [6.07, 6.45) is 2.94. The van der Waals surface area contributed by atoms with Gasteiger partial charge in [-0.25, -0.2) is 4.98 Å². The molecule has 2 aromatic rings. The quantitative estimate of drug-likeness (QED) is 0.912. The van der Waals surface area contributed by atoms with Crippen LogP contribution in [0.5, 0.6) is 5.75 Å². The fourth-order valence-electron chi connectivity index (χ4n) is 3.58. The van der Waals surface area contributed by atoms with Crippen molar-refractivity contribution in [2.45, 2.75) is 38.6 Å². The molecule has 2 aliphatic rings. The summed E-state index contributed by atoms with van der Waals surface area (Å²) in [6, 6.07) is 8.12. The van der Waals surface area contributed by atoms with Crippen LogP contribution in [0, 0.1) is 0 Å². The first kappa shape index (κ1) is 16.4. The summed E-state index contributed by atoms with van der Waals surface area (Å²) in [5.41, 5.74) is 2.14. The summed E-state index contributed by atoms with van der Waals surface area (Å²) in [6.45, 7) is 5.32. The van der Waals surface area contributed by atoms with Gasteiger partial charge in [-0.3, -0.25) is 4.79 Å². The van der Waals surface area contributed by atoms with Crippen LogP contribution in [0.4, 0.5) is 5.13 Å². The smallest absolute Gasteiger partial charge is 0.221 e. The van der Waals surface area contributed by atoms with Gasteiger partial charge in [0.1, 0.15) is 5.75 Å². The number of amides is 1. The van der Waals surface area contributed by atoms with Crippen molar-refractivity contribution in [2.24, 2.45) is 0 Å². The van der Waals surface area contributed by atoms with Crippen molar-refractivity contribution >= 4 is 22.4 Å². The molecule has 4 rings (SSSR count). The van der Waals surface area contributed by atoms with Crippen LogP contribution in [0.15, 0.2) is 24.3 Å². The number of carbonyl (C=O) groups excluding carboxylic acids is 1. The molecule has 1 aromatic carbocycles. The first-order chi connectivity index (χ1) is 12.2. The van der Waals surface area contributed by atoms with Crippen LogP contribution in [0.2, 0.25) is 0 Å². The van der Waals surface area contributed by atoms with Crippen molar-refractivity contribution in [3.63, 3.8) is 0 Å². The van der Waals surface area contributed by atoms with Crippen molar-refractivity contribution in [2.75, 3.05) is 24.6 Å². The van der Waals surface area contributed by atoms with E-state index in [9.17, 15) is 4.79 Å². The molecule has 1 aromatic heterocycles. The Bertz CT molecular complexity index is 768. The molecule has 5 nitrogen and oxygen atoms in total. The molecule has 6 heteroatoms. The average molecular weight is 357 g/mol. The fraction of sp³-hybridized carbons (Fsp3) is 0.474. The molecule has 25 heavy (non-hydrogen) atoms. The third-order valence-corrected chi connectivity index (χ3v) is 6.10. The first-order valence-electron chi connectivity index (χ1n) is 8.98. The molecule has 1 saturated heterocycles. The second kappa shape index (κ2) is 7.04. The van der Waals surface area contributed by atoms with Crippen molar-refractivity contribution in [3.05, 3.63) is 40.4 Å². The lowest BCUT2D eigenvalue weighted by atomic mass is 9.93. The second-order valence-corrected chi connectivity index (χ2v) is 7.55. The van der Waals surface area contributed by atoms with E-state index in [1.807, 2.05) is 19.1 Å². The number of aromatic nitrogens is 1. The Kier molecular flexibility index (Phi) is 4.61. The van der Waals surface area contributed by atoms with E-state index in [0.29, 0.717) is 19.6 Å². The highest BCUT2D eigenvalue weighted by Crippen LogP contribution is 2.40. The second-order valence-electron chi connectivity index (χ2n) is 6.54. The monoisotopic (exact) mass is 357 g/mol. The topological polar surface area (TPSA) is 54.5 Å². The van der Waals surface area contributed by atoms with Gasteiger partial charge in [-0.2, -0.15) is 0 Å². The van der Waals surface area contributed by atoms with Crippen molar-refractivity contribution in [3.8, 4) is 5.75 Å². The minimum absolute atomic E-state index is 0.0479. The fourth-order valence-corrected chi connectivity index (χ4v) is 4.84. The largest absolute Gasteiger partial charge is 0.494 e. The van der Waals surface area contributed by atoms with Crippen LogP contribution in [0.1, 0.15) is 48.2 Å². The van der Waals surface area contributed by atoms with E-state index >= 15 is 0 Å². The van der Waals surface area contributed by atoms with Crippen LogP contribution in [-0.2, 0) is 11.3 Å². The van der Waals surface area contributed by atoms with Gasteiger partial charge in [-0.15, -0.1) is 11.3 Å². The Morgan fingerprint density at radius 1 is 1.36 bits per heavy atom. The van der Waals surface area contributed by atoms with E-state index in [0.717, 1.165) is 35.2 Å². The predicted octanol–water partition coefficient (Wildman–Crippen LogP) is 3.29. The summed E-state index contributed by atoms with van der Waals surface area (Å²) in [7, 11) is 0. The molecular weight excluding hydrogens is 334 g/mol. The Hall–Kier alpha value is -2.08. The Morgan fingerprint density at radius 2 is 2.20 bits per heavy atom. The van der Waals surface area contributed by atoms with Gasteiger partial charge in [0.25, 0.3) is 0 Å². The van der Waals surface area contributed by atoms with Gasteiger partial charge in [-0.1, -0.05) is 12.1 Å². The van der Waals surface area contributed by atoms with Crippen LogP contribution in [0.3, 0.4) is 0 Å². The maximum Gasteiger partial charge on any atom is 0.221 e. The van der Waals surface area contributed by atoms with Crippen molar-refractivity contribution in [1.29, 1.82) is 0 Å². The van der Waals surface area contributed by atoms with E-state index in [-0.39, 0.29) is 11.8 Å². The maximum absolute atomic E-state index is 12.2. The number of thiazole rings is 1. The summed E-state index contributed by atoms with van der Waals surface area (Å²) in [5, 5.41) is 4.10. The molecule has 1 atom stereocenters. The number of ether oxygens (including phenoxy) is 1. The highest BCUT2D eigenvalue weighted by atomic mass is 32.1. The molecule has 3 heterocycles. The minimum Gasteiger partial charge on any atom is -0.494 e. The van der Waals surface area contributed by atoms with Crippen molar-refractivity contribution < 1.29 is 9.53 Å². The SMILES string of the molecule is CCOc1cccc(C2CC(=O)NCc3nc(N4CCCC4)sc32)c1. The lowest BCUT2D eigenvalue weighted by Gasteiger charge is -2.16. The normalized spacial score (nSPS) is 20.1. The molecule has 0 spiro atoms. The van der Waals surface area contributed by atoms with Gasteiger partial charge >= 0.3 is 0 Å².